The number of nitrogens with zero attached hydrogens (tertiary/aromatic N) is 1. The minimum Gasteiger partial charge on any atom is -0.496 e. The number of amides is 1. The molecule has 5 heteroatoms. The van der Waals surface area contributed by atoms with Gasteiger partial charge in [0.1, 0.15) is 5.75 Å². The molecule has 0 saturated heterocycles. The zero-order chi connectivity index (χ0) is 14.6. The summed E-state index contributed by atoms with van der Waals surface area (Å²) < 4.78 is 5.14. The van der Waals surface area contributed by atoms with E-state index in [-0.39, 0.29) is 6.04 Å². The van der Waals surface area contributed by atoms with E-state index < -0.39 is 12.0 Å². The summed E-state index contributed by atoms with van der Waals surface area (Å²) >= 11 is 0. The molecule has 19 heavy (non-hydrogen) atoms. The van der Waals surface area contributed by atoms with Gasteiger partial charge in [0.2, 0.25) is 6.41 Å². The van der Waals surface area contributed by atoms with Gasteiger partial charge in [-0.05, 0) is 44.0 Å². The second kappa shape index (κ2) is 6.22. The van der Waals surface area contributed by atoms with Crippen LogP contribution >= 0.6 is 0 Å². The van der Waals surface area contributed by atoms with Crippen LogP contribution in [0.15, 0.2) is 18.2 Å². The van der Waals surface area contributed by atoms with Crippen molar-refractivity contribution < 1.29 is 19.4 Å². The Morgan fingerprint density at radius 1 is 1.42 bits per heavy atom. The molecule has 1 unspecified atom stereocenters. The number of aryl methyl sites for hydroxylation is 1. The van der Waals surface area contributed by atoms with Crippen LogP contribution in [0.4, 0.5) is 0 Å². The Kier molecular flexibility index (Phi) is 4.92. The smallest absolute Gasteiger partial charge is 0.331 e. The molecule has 0 aromatic heterocycles. The predicted molar refractivity (Wildman–Crippen MR) is 71.1 cm³/mol. The van der Waals surface area contributed by atoms with E-state index in [2.05, 4.69) is 0 Å². The first kappa shape index (κ1) is 15.0. The van der Waals surface area contributed by atoms with Crippen LogP contribution in [0.1, 0.15) is 31.0 Å². The molecule has 5 nitrogen and oxygen atoms in total. The Labute approximate surface area is 112 Å². The molecule has 0 spiro atoms. The minimum absolute atomic E-state index is 0.194. The highest BCUT2D eigenvalue weighted by Gasteiger charge is 2.28. The molecule has 0 aliphatic carbocycles. The summed E-state index contributed by atoms with van der Waals surface area (Å²) in [6, 6.07) is 3.94. The van der Waals surface area contributed by atoms with Crippen molar-refractivity contribution in [3.8, 4) is 5.75 Å². The van der Waals surface area contributed by atoms with Crippen LogP contribution in [-0.2, 0) is 9.59 Å². The summed E-state index contributed by atoms with van der Waals surface area (Å²) in [5.41, 5.74) is 1.40. The summed E-state index contributed by atoms with van der Waals surface area (Å²) in [4.78, 5) is 23.8. The number of hydrogen-bond acceptors (Lipinski definition) is 3. The molecule has 1 aromatic rings. The number of carboxylic acids is 1. The van der Waals surface area contributed by atoms with E-state index in [1.54, 1.807) is 39.2 Å². The number of methoxy groups -OCH3 is 1. The lowest BCUT2D eigenvalue weighted by molar-refractivity contribution is -0.148. The molecule has 0 bridgehead atoms. The van der Waals surface area contributed by atoms with E-state index in [0.29, 0.717) is 17.7 Å². The topological polar surface area (TPSA) is 66.8 Å². The largest absolute Gasteiger partial charge is 0.496 e. The number of carbonyl (C=O) groups is 2. The zero-order valence-corrected chi connectivity index (χ0v) is 11.6. The van der Waals surface area contributed by atoms with Crippen molar-refractivity contribution >= 4 is 12.4 Å². The molecule has 0 radical (unpaired) electrons. The third-order valence-corrected chi connectivity index (χ3v) is 2.98. The van der Waals surface area contributed by atoms with Gasteiger partial charge in [-0.3, -0.25) is 4.79 Å². The summed E-state index contributed by atoms with van der Waals surface area (Å²) in [6.45, 7) is 5.39. The third-order valence-electron chi connectivity index (χ3n) is 2.98. The fourth-order valence-corrected chi connectivity index (χ4v) is 1.99. The van der Waals surface area contributed by atoms with E-state index in [4.69, 9.17) is 4.74 Å². The monoisotopic (exact) mass is 265 g/mol. The van der Waals surface area contributed by atoms with Crippen LogP contribution in [0.3, 0.4) is 0 Å². The molecule has 0 aliphatic rings. The van der Waals surface area contributed by atoms with Crippen molar-refractivity contribution in [2.75, 3.05) is 7.11 Å². The van der Waals surface area contributed by atoms with E-state index in [1.807, 2.05) is 6.92 Å². The molecular weight excluding hydrogens is 246 g/mol. The number of rotatable bonds is 6. The molecule has 1 rings (SSSR count). The molecule has 1 N–H and O–H groups in total. The van der Waals surface area contributed by atoms with Gasteiger partial charge in [-0.25, -0.2) is 4.79 Å². The highest BCUT2D eigenvalue weighted by molar-refractivity contribution is 5.78. The number of carboxylic acid groups (broad SMARTS) is 1. The van der Waals surface area contributed by atoms with Gasteiger partial charge in [-0.1, -0.05) is 6.07 Å². The van der Waals surface area contributed by atoms with Crippen molar-refractivity contribution in [3.63, 3.8) is 0 Å². The van der Waals surface area contributed by atoms with Crippen LogP contribution in [0.2, 0.25) is 0 Å². The average Bonchev–Trinajstić information content (AvgIpc) is 2.34. The summed E-state index contributed by atoms with van der Waals surface area (Å²) in [5.74, 6) is -0.361. The molecule has 0 fully saturated rings. The van der Waals surface area contributed by atoms with Crippen LogP contribution in [0.25, 0.3) is 0 Å². The van der Waals surface area contributed by atoms with Crippen LogP contribution in [0, 0.1) is 6.92 Å². The van der Waals surface area contributed by atoms with Crippen LogP contribution in [0.5, 0.6) is 5.75 Å². The predicted octanol–water partition coefficient (Wildman–Crippen LogP) is 2.00. The Hall–Kier alpha value is -2.04. The first-order valence-corrected chi connectivity index (χ1v) is 6.02. The van der Waals surface area contributed by atoms with Gasteiger partial charge in [-0.2, -0.15) is 0 Å². The van der Waals surface area contributed by atoms with Gasteiger partial charge in [0.15, 0.2) is 6.04 Å². The van der Waals surface area contributed by atoms with E-state index in [0.717, 1.165) is 5.56 Å². The van der Waals surface area contributed by atoms with Gasteiger partial charge in [-0.15, -0.1) is 0 Å². The maximum absolute atomic E-state index is 11.4. The Morgan fingerprint density at radius 2 is 2.05 bits per heavy atom. The second-order valence-corrected chi connectivity index (χ2v) is 4.62. The maximum Gasteiger partial charge on any atom is 0.331 e. The maximum atomic E-state index is 11.4. The summed E-state index contributed by atoms with van der Waals surface area (Å²) in [6.07, 6.45) is 0.572. The van der Waals surface area contributed by atoms with Gasteiger partial charge >= 0.3 is 5.97 Å². The molecular formula is C14H19NO4. The van der Waals surface area contributed by atoms with Crippen molar-refractivity contribution in [3.05, 3.63) is 29.3 Å². The molecule has 0 saturated carbocycles. The lowest BCUT2D eigenvalue weighted by Crippen LogP contribution is -2.38. The lowest BCUT2D eigenvalue weighted by atomic mass is 10.0. The fourth-order valence-electron chi connectivity index (χ4n) is 1.99. The third kappa shape index (κ3) is 3.24. The van der Waals surface area contributed by atoms with Crippen LogP contribution < -0.4 is 4.74 Å². The number of ether oxygens (including phenoxy) is 1. The number of hydrogen-bond donors (Lipinski definition) is 1. The summed E-state index contributed by atoms with van der Waals surface area (Å²) in [7, 11) is 1.56. The molecule has 104 valence electrons. The first-order valence-electron chi connectivity index (χ1n) is 6.02. The second-order valence-electron chi connectivity index (χ2n) is 4.62. The Bertz CT molecular complexity index is 471. The molecule has 0 aliphatic heterocycles. The number of benzene rings is 1. The van der Waals surface area contributed by atoms with E-state index in [9.17, 15) is 14.7 Å². The van der Waals surface area contributed by atoms with E-state index in [1.165, 1.54) is 4.90 Å². The van der Waals surface area contributed by atoms with Gasteiger partial charge in [0.25, 0.3) is 0 Å². The first-order chi connectivity index (χ1) is 8.92. The lowest BCUT2D eigenvalue weighted by Gasteiger charge is -2.29. The SMILES string of the molecule is COc1ccc(C(C(=O)O)N(C=O)C(C)C)cc1C. The number of aliphatic carboxylic acids is 1. The summed E-state index contributed by atoms with van der Waals surface area (Å²) in [5, 5.41) is 9.36. The molecule has 1 aromatic carbocycles. The van der Waals surface area contributed by atoms with Crippen molar-refractivity contribution in [1.82, 2.24) is 4.90 Å². The highest BCUT2D eigenvalue weighted by atomic mass is 16.5. The van der Waals surface area contributed by atoms with Crippen molar-refractivity contribution in [1.29, 1.82) is 0 Å². The quantitative estimate of drug-likeness (QED) is 0.799. The number of carbonyl (C=O) groups excluding carboxylic acids is 1. The van der Waals surface area contributed by atoms with Gasteiger partial charge in [0.05, 0.1) is 7.11 Å². The normalized spacial score (nSPS) is 12.1. The molecule has 1 atom stereocenters. The highest BCUT2D eigenvalue weighted by Crippen LogP contribution is 2.27. The zero-order valence-electron chi connectivity index (χ0n) is 11.6. The Morgan fingerprint density at radius 3 is 2.42 bits per heavy atom. The molecule has 1 amide bonds. The Balaban J connectivity index is 3.23. The minimum atomic E-state index is -1.05. The molecule has 0 heterocycles. The van der Waals surface area contributed by atoms with Crippen molar-refractivity contribution in [2.45, 2.75) is 32.9 Å². The van der Waals surface area contributed by atoms with E-state index >= 15 is 0 Å². The van der Waals surface area contributed by atoms with Crippen LogP contribution in [-0.4, -0.2) is 35.5 Å². The average molecular weight is 265 g/mol. The fraction of sp³-hybridized carbons (Fsp3) is 0.429. The standard InChI is InChI=1S/C14H19NO4/c1-9(2)15(8-16)13(14(17)18)11-5-6-12(19-4)10(3)7-11/h5-9,13H,1-4H3,(H,17,18). The van der Waals surface area contributed by atoms with Gasteiger partial charge in [0, 0.05) is 6.04 Å². The van der Waals surface area contributed by atoms with Gasteiger partial charge < -0.3 is 14.7 Å². The van der Waals surface area contributed by atoms with Crippen molar-refractivity contribution in [2.24, 2.45) is 0 Å².